The molecule has 1 heterocycles. The number of amides is 1. The van der Waals surface area contributed by atoms with Gasteiger partial charge in [-0.3, -0.25) is 4.79 Å². The minimum absolute atomic E-state index is 0.238. The van der Waals surface area contributed by atoms with Crippen LogP contribution in [0.25, 0.3) is 11.0 Å². The van der Waals surface area contributed by atoms with Crippen molar-refractivity contribution in [2.24, 2.45) is 0 Å². The summed E-state index contributed by atoms with van der Waals surface area (Å²) in [5, 5.41) is 3.49. The molecular formula is C27H36F2N4O. The number of nitrogens with one attached hydrogen (secondary N) is 1. The molecular weight excluding hydrogens is 434 g/mol. The second-order valence-corrected chi connectivity index (χ2v) is 8.74. The first kappa shape index (κ1) is 25.8. The number of carbonyl (C=O) groups is 1. The predicted octanol–water partition coefficient (Wildman–Crippen LogP) is 6.06. The van der Waals surface area contributed by atoms with Crippen LogP contribution in [-0.2, 0) is 19.6 Å². The topological polar surface area (TPSA) is 50.2 Å². The first-order chi connectivity index (χ1) is 16.5. The summed E-state index contributed by atoms with van der Waals surface area (Å²) in [7, 11) is 0. The van der Waals surface area contributed by atoms with Crippen molar-refractivity contribution in [2.75, 3.05) is 13.1 Å². The fourth-order valence-electron chi connectivity index (χ4n) is 4.19. The zero-order valence-corrected chi connectivity index (χ0v) is 20.5. The van der Waals surface area contributed by atoms with Crippen LogP contribution in [0.4, 0.5) is 8.78 Å². The van der Waals surface area contributed by atoms with E-state index in [2.05, 4.69) is 41.9 Å². The summed E-state index contributed by atoms with van der Waals surface area (Å²) < 4.78 is 30.1. The number of imidazole rings is 1. The van der Waals surface area contributed by atoms with Crippen LogP contribution in [0.15, 0.2) is 36.4 Å². The van der Waals surface area contributed by atoms with Crippen LogP contribution in [0.2, 0.25) is 0 Å². The second kappa shape index (κ2) is 12.6. The first-order valence-electron chi connectivity index (χ1n) is 12.4. The van der Waals surface area contributed by atoms with Crippen molar-refractivity contribution >= 4 is 16.9 Å². The van der Waals surface area contributed by atoms with Gasteiger partial charge >= 0.3 is 0 Å². The molecule has 0 saturated heterocycles. The summed E-state index contributed by atoms with van der Waals surface area (Å²) in [6.45, 7) is 9.46. The standard InChI is InChI=1S/C27H36F2N4O/c1-4-7-8-13-30-18-20-9-12-25-24(16-20)31-26(33(25)15-6-3)19-32(14-5-2)27(34)22-17-21(28)10-11-23(22)29/h9-12,16-17,30H,4-8,13-15,18-19H2,1-3H3. The Bertz CT molecular complexity index is 1100. The third kappa shape index (κ3) is 6.41. The number of hydrogen-bond donors (Lipinski definition) is 1. The molecule has 0 bridgehead atoms. The average Bonchev–Trinajstić information content (AvgIpc) is 3.16. The number of unbranched alkanes of at least 4 members (excludes halogenated alkanes) is 2. The van der Waals surface area contributed by atoms with E-state index >= 15 is 0 Å². The molecule has 3 aromatic rings. The molecule has 1 aromatic heterocycles. The fourth-order valence-corrected chi connectivity index (χ4v) is 4.19. The molecule has 0 saturated carbocycles. The van der Waals surface area contributed by atoms with Crippen LogP contribution in [0, 0.1) is 11.6 Å². The van der Waals surface area contributed by atoms with E-state index in [-0.39, 0.29) is 12.1 Å². The van der Waals surface area contributed by atoms with Gasteiger partial charge in [0.2, 0.25) is 0 Å². The number of hydrogen-bond acceptors (Lipinski definition) is 3. The van der Waals surface area contributed by atoms with Gasteiger partial charge in [-0.05, 0) is 61.7 Å². The minimum atomic E-state index is -0.717. The summed E-state index contributed by atoms with van der Waals surface area (Å²) in [6.07, 6.45) is 5.21. The zero-order valence-electron chi connectivity index (χ0n) is 20.5. The van der Waals surface area contributed by atoms with Gasteiger partial charge in [0.1, 0.15) is 17.5 Å². The quantitative estimate of drug-likeness (QED) is 0.309. The molecule has 5 nitrogen and oxygen atoms in total. The molecule has 3 rings (SSSR count). The number of halogens is 2. The molecule has 2 aromatic carbocycles. The summed E-state index contributed by atoms with van der Waals surface area (Å²) in [5.74, 6) is -1.12. The highest BCUT2D eigenvalue weighted by atomic mass is 19.1. The molecule has 184 valence electrons. The van der Waals surface area contributed by atoms with E-state index in [4.69, 9.17) is 4.98 Å². The number of fused-ring (bicyclic) bond motifs is 1. The van der Waals surface area contributed by atoms with Crippen LogP contribution in [0.1, 0.15) is 74.6 Å². The minimum Gasteiger partial charge on any atom is -0.331 e. The smallest absolute Gasteiger partial charge is 0.257 e. The highest BCUT2D eigenvalue weighted by Gasteiger charge is 2.22. The lowest BCUT2D eigenvalue weighted by atomic mass is 10.1. The molecule has 1 N–H and O–H groups in total. The lowest BCUT2D eigenvalue weighted by Gasteiger charge is -2.23. The summed E-state index contributed by atoms with van der Waals surface area (Å²) in [4.78, 5) is 19.5. The lowest BCUT2D eigenvalue weighted by molar-refractivity contribution is 0.0732. The highest BCUT2D eigenvalue weighted by molar-refractivity contribution is 5.94. The third-order valence-electron chi connectivity index (χ3n) is 5.90. The Labute approximate surface area is 201 Å². The Morgan fingerprint density at radius 2 is 1.85 bits per heavy atom. The SMILES string of the molecule is CCCCCNCc1ccc2c(c1)nc(CN(CCC)C(=O)c1cc(F)ccc1F)n2CCC. The number of nitrogens with zero attached hydrogens (tertiary/aromatic N) is 3. The first-order valence-corrected chi connectivity index (χ1v) is 12.4. The van der Waals surface area contributed by atoms with Crippen molar-refractivity contribution < 1.29 is 13.6 Å². The van der Waals surface area contributed by atoms with Crippen LogP contribution >= 0.6 is 0 Å². The van der Waals surface area contributed by atoms with Crippen LogP contribution in [0.3, 0.4) is 0 Å². The van der Waals surface area contributed by atoms with E-state index in [1.165, 1.54) is 24.8 Å². The highest BCUT2D eigenvalue weighted by Crippen LogP contribution is 2.22. The van der Waals surface area contributed by atoms with Gasteiger partial charge in [0, 0.05) is 19.6 Å². The van der Waals surface area contributed by atoms with E-state index < -0.39 is 17.5 Å². The molecule has 0 atom stereocenters. The number of benzene rings is 2. The maximum Gasteiger partial charge on any atom is 0.257 e. The van der Waals surface area contributed by atoms with Gasteiger partial charge in [-0.2, -0.15) is 0 Å². The second-order valence-electron chi connectivity index (χ2n) is 8.74. The molecule has 0 aliphatic heterocycles. The molecule has 0 unspecified atom stereocenters. The molecule has 1 amide bonds. The average molecular weight is 471 g/mol. The maximum atomic E-state index is 14.3. The van der Waals surface area contributed by atoms with E-state index in [1.807, 2.05) is 6.92 Å². The van der Waals surface area contributed by atoms with E-state index in [0.29, 0.717) is 13.0 Å². The zero-order chi connectivity index (χ0) is 24.5. The van der Waals surface area contributed by atoms with Gasteiger partial charge in [-0.15, -0.1) is 0 Å². The van der Waals surface area contributed by atoms with Crippen LogP contribution < -0.4 is 5.32 Å². The van der Waals surface area contributed by atoms with Crippen molar-refractivity contribution in [3.8, 4) is 0 Å². The predicted molar refractivity (Wildman–Crippen MR) is 133 cm³/mol. The van der Waals surface area contributed by atoms with Crippen molar-refractivity contribution in [3.05, 3.63) is 65.0 Å². The summed E-state index contributed by atoms with van der Waals surface area (Å²) in [5.41, 5.74) is 2.83. The Morgan fingerprint density at radius 3 is 2.59 bits per heavy atom. The van der Waals surface area contributed by atoms with Crippen molar-refractivity contribution in [2.45, 2.75) is 72.5 Å². The Balaban J connectivity index is 1.85. The van der Waals surface area contributed by atoms with E-state index in [0.717, 1.165) is 61.1 Å². The Hall–Kier alpha value is -2.80. The third-order valence-corrected chi connectivity index (χ3v) is 5.90. The van der Waals surface area contributed by atoms with Gasteiger partial charge in [0.05, 0.1) is 23.1 Å². The van der Waals surface area contributed by atoms with Gasteiger partial charge in [0.15, 0.2) is 0 Å². The number of aryl methyl sites for hydroxylation is 1. The number of carbonyl (C=O) groups excluding carboxylic acids is 1. The maximum absolute atomic E-state index is 14.3. The number of aromatic nitrogens is 2. The lowest BCUT2D eigenvalue weighted by Crippen LogP contribution is -2.33. The molecule has 34 heavy (non-hydrogen) atoms. The Kier molecular flexibility index (Phi) is 9.57. The Morgan fingerprint density at radius 1 is 1.03 bits per heavy atom. The molecule has 0 aliphatic carbocycles. The molecule has 0 fully saturated rings. The van der Waals surface area contributed by atoms with E-state index in [9.17, 15) is 13.6 Å². The van der Waals surface area contributed by atoms with Crippen molar-refractivity contribution in [3.63, 3.8) is 0 Å². The summed E-state index contributed by atoms with van der Waals surface area (Å²) in [6, 6.07) is 9.28. The fraction of sp³-hybridized carbons (Fsp3) is 0.481. The van der Waals surface area contributed by atoms with Gasteiger partial charge in [0.25, 0.3) is 5.91 Å². The van der Waals surface area contributed by atoms with Gasteiger partial charge in [-0.1, -0.05) is 39.7 Å². The largest absolute Gasteiger partial charge is 0.331 e. The molecule has 0 aliphatic rings. The van der Waals surface area contributed by atoms with Crippen molar-refractivity contribution in [1.29, 1.82) is 0 Å². The van der Waals surface area contributed by atoms with Crippen LogP contribution in [0.5, 0.6) is 0 Å². The molecule has 0 spiro atoms. The van der Waals surface area contributed by atoms with E-state index in [1.54, 1.807) is 4.90 Å². The van der Waals surface area contributed by atoms with Gasteiger partial charge in [-0.25, -0.2) is 13.8 Å². The monoisotopic (exact) mass is 470 g/mol. The van der Waals surface area contributed by atoms with Gasteiger partial charge < -0.3 is 14.8 Å². The summed E-state index contributed by atoms with van der Waals surface area (Å²) >= 11 is 0. The molecule has 7 heteroatoms. The number of rotatable bonds is 13. The molecule has 0 radical (unpaired) electrons. The van der Waals surface area contributed by atoms with Crippen molar-refractivity contribution in [1.82, 2.24) is 19.8 Å². The van der Waals surface area contributed by atoms with Crippen LogP contribution in [-0.4, -0.2) is 33.4 Å². The normalized spacial score (nSPS) is 11.3.